The zero-order chi connectivity index (χ0) is 35.5. The van der Waals surface area contributed by atoms with Gasteiger partial charge in [0.1, 0.15) is 24.7 Å². The Kier molecular flexibility index (Phi) is 11.1. The Hall–Kier alpha value is -3.68. The number of nitrogens with zero attached hydrogens (tertiary/aromatic N) is 8. The third kappa shape index (κ3) is 7.34. The summed E-state index contributed by atoms with van der Waals surface area (Å²) in [5.41, 5.74) is 6.78. The number of fused-ring (bicyclic) bond motifs is 6. The summed E-state index contributed by atoms with van der Waals surface area (Å²) in [5, 5.41) is 28.2. The fourth-order valence-electron chi connectivity index (χ4n) is 5.87. The summed E-state index contributed by atoms with van der Waals surface area (Å²) in [6.45, 7) is 2.64. The number of hydrogen-bond acceptors (Lipinski definition) is 9. The van der Waals surface area contributed by atoms with Crippen molar-refractivity contribution < 1.29 is 5.11 Å². The minimum absolute atomic E-state index is 0.250. The van der Waals surface area contributed by atoms with Gasteiger partial charge in [0.05, 0.1) is 34.3 Å². The highest BCUT2D eigenvalue weighted by atomic mass is 35.5. The Morgan fingerprint density at radius 1 is 0.588 bits per heavy atom. The van der Waals surface area contributed by atoms with Gasteiger partial charge in [0.25, 0.3) is 0 Å². The number of aliphatic hydroxyl groups excluding tert-OH is 1. The van der Waals surface area contributed by atoms with Gasteiger partial charge in [0, 0.05) is 49.0 Å². The number of aliphatic imine (C=N–C) groups is 2. The standard InChI is InChI=1S/C34H22Cl4N8S2.C2H6O/c35-19-9-11-27-23(13-19)33(21-5-1-3-7-25(21)37)39-15-29-41-43-31(45(27)29)17-47-48-18-32-44-42-30-16-40-34(22-6-2-4-8-26(22)38)24-14-20(36)10-12-28(24)46(30)32;1-2-3/h1-14H,15-18H2;3H,2H2,1H3. The maximum atomic E-state index is 7.57. The second-order valence-electron chi connectivity index (χ2n) is 11.2. The van der Waals surface area contributed by atoms with Crippen molar-refractivity contribution in [3.63, 3.8) is 0 Å². The van der Waals surface area contributed by atoms with Crippen molar-refractivity contribution in [2.45, 2.75) is 31.5 Å². The smallest absolute Gasteiger partial charge is 0.159 e. The van der Waals surface area contributed by atoms with E-state index < -0.39 is 0 Å². The van der Waals surface area contributed by atoms with E-state index in [2.05, 4.69) is 29.5 Å². The summed E-state index contributed by atoms with van der Waals surface area (Å²) < 4.78 is 4.15. The molecule has 0 radical (unpaired) electrons. The summed E-state index contributed by atoms with van der Waals surface area (Å²) in [6.07, 6.45) is 0. The highest BCUT2D eigenvalue weighted by molar-refractivity contribution is 8.76. The maximum absolute atomic E-state index is 7.57. The molecule has 2 aromatic heterocycles. The minimum atomic E-state index is 0.250. The normalized spacial score (nSPS) is 13.0. The summed E-state index contributed by atoms with van der Waals surface area (Å²) >= 11 is 26.2. The van der Waals surface area contributed by atoms with E-state index in [9.17, 15) is 0 Å². The fraction of sp³-hybridized carbons (Fsp3) is 0.167. The molecule has 0 amide bonds. The van der Waals surface area contributed by atoms with Crippen LogP contribution < -0.4 is 0 Å². The number of benzene rings is 4. The Bertz CT molecular complexity index is 2150. The highest BCUT2D eigenvalue weighted by Crippen LogP contribution is 2.36. The van der Waals surface area contributed by atoms with E-state index in [1.54, 1.807) is 28.5 Å². The first-order valence-electron chi connectivity index (χ1n) is 15.8. The Morgan fingerprint density at radius 2 is 1.00 bits per heavy atom. The molecule has 1 N–H and O–H groups in total. The van der Waals surface area contributed by atoms with Gasteiger partial charge in [0.15, 0.2) is 11.6 Å². The van der Waals surface area contributed by atoms with Crippen molar-refractivity contribution in [2.75, 3.05) is 6.61 Å². The van der Waals surface area contributed by atoms with Crippen LogP contribution in [0.5, 0.6) is 0 Å². The number of aliphatic hydroxyl groups is 1. The molecular weight excluding hydrogens is 766 g/mol. The van der Waals surface area contributed by atoms with Crippen LogP contribution in [0.25, 0.3) is 11.4 Å². The summed E-state index contributed by atoms with van der Waals surface area (Å²) in [7, 11) is 3.33. The molecule has 51 heavy (non-hydrogen) atoms. The van der Waals surface area contributed by atoms with Crippen LogP contribution in [0.2, 0.25) is 20.1 Å². The quantitative estimate of drug-likeness (QED) is 0.127. The highest BCUT2D eigenvalue weighted by Gasteiger charge is 2.26. The lowest BCUT2D eigenvalue weighted by molar-refractivity contribution is 0.318. The van der Waals surface area contributed by atoms with Gasteiger partial charge in [-0.15, -0.1) is 20.4 Å². The van der Waals surface area contributed by atoms with Crippen LogP contribution in [-0.2, 0) is 24.6 Å². The van der Waals surface area contributed by atoms with Gasteiger partial charge in [-0.25, -0.2) is 0 Å². The van der Waals surface area contributed by atoms with E-state index in [0.717, 1.165) is 68.3 Å². The van der Waals surface area contributed by atoms with E-state index in [1.165, 1.54) is 0 Å². The SMILES string of the molecule is CCO.Clc1ccc2c(c1)C(c1ccccc1Cl)=NCc1nnc(CSSCc3nnc4n3-c3ccc(Cl)cc3C(c3ccccc3Cl)=NC4)n1-2. The number of rotatable bonds is 7. The molecule has 6 aromatic rings. The van der Waals surface area contributed by atoms with Gasteiger partial charge >= 0.3 is 0 Å². The zero-order valence-electron chi connectivity index (χ0n) is 27.0. The molecule has 0 saturated carbocycles. The van der Waals surface area contributed by atoms with Gasteiger partial charge in [-0.1, -0.05) is 104 Å². The van der Waals surface area contributed by atoms with Gasteiger partial charge in [-0.05, 0) is 55.5 Å². The van der Waals surface area contributed by atoms with Crippen LogP contribution in [0.1, 0.15) is 52.5 Å². The molecule has 0 aliphatic carbocycles. The predicted molar refractivity (Wildman–Crippen MR) is 210 cm³/mol. The van der Waals surface area contributed by atoms with E-state index in [4.69, 9.17) is 61.5 Å². The van der Waals surface area contributed by atoms with Gasteiger partial charge < -0.3 is 5.11 Å². The lowest BCUT2D eigenvalue weighted by Gasteiger charge is -2.15. The molecule has 4 heterocycles. The molecule has 258 valence electrons. The van der Waals surface area contributed by atoms with E-state index in [0.29, 0.717) is 44.7 Å². The second kappa shape index (κ2) is 15.9. The van der Waals surface area contributed by atoms with Crippen LogP contribution in [0.15, 0.2) is 94.9 Å². The summed E-state index contributed by atoms with van der Waals surface area (Å²) in [5.74, 6) is 4.28. The molecule has 4 aromatic carbocycles. The predicted octanol–water partition coefficient (Wildman–Crippen LogP) is 9.24. The van der Waals surface area contributed by atoms with Crippen LogP contribution in [0.3, 0.4) is 0 Å². The monoisotopic (exact) mass is 792 g/mol. The van der Waals surface area contributed by atoms with Crippen molar-refractivity contribution in [3.05, 3.63) is 151 Å². The maximum Gasteiger partial charge on any atom is 0.159 e. The van der Waals surface area contributed by atoms with Crippen LogP contribution in [-0.4, -0.2) is 52.7 Å². The average molecular weight is 795 g/mol. The van der Waals surface area contributed by atoms with E-state index in [1.807, 2.05) is 84.9 Å². The molecule has 0 saturated heterocycles. The van der Waals surface area contributed by atoms with Gasteiger partial charge in [-0.3, -0.25) is 19.1 Å². The van der Waals surface area contributed by atoms with Crippen molar-refractivity contribution in [1.29, 1.82) is 0 Å². The second-order valence-corrected chi connectivity index (χ2v) is 15.3. The number of aromatic nitrogens is 6. The van der Waals surface area contributed by atoms with E-state index in [-0.39, 0.29) is 6.61 Å². The lowest BCUT2D eigenvalue weighted by atomic mass is 10.0. The molecule has 0 spiro atoms. The van der Waals surface area contributed by atoms with Gasteiger partial charge in [0.2, 0.25) is 0 Å². The van der Waals surface area contributed by atoms with Gasteiger partial charge in [-0.2, -0.15) is 0 Å². The fourth-order valence-corrected chi connectivity index (χ4v) is 8.55. The Labute approximate surface area is 322 Å². The molecular formula is C36H28Cl4N8OS2. The summed E-state index contributed by atoms with van der Waals surface area (Å²) in [4.78, 5) is 9.84. The Balaban J connectivity index is 0.00000131. The van der Waals surface area contributed by atoms with Crippen molar-refractivity contribution in [1.82, 2.24) is 29.5 Å². The molecule has 2 aliphatic rings. The first-order valence-corrected chi connectivity index (χ1v) is 19.8. The van der Waals surface area contributed by atoms with Crippen molar-refractivity contribution in [3.8, 4) is 11.4 Å². The van der Waals surface area contributed by atoms with Crippen LogP contribution in [0, 0.1) is 0 Å². The largest absolute Gasteiger partial charge is 0.397 e. The third-order valence-corrected chi connectivity index (χ3v) is 11.2. The molecule has 0 atom stereocenters. The molecule has 9 nitrogen and oxygen atoms in total. The third-order valence-electron chi connectivity index (χ3n) is 7.98. The Morgan fingerprint density at radius 3 is 1.41 bits per heavy atom. The van der Waals surface area contributed by atoms with Crippen molar-refractivity contribution in [2.24, 2.45) is 9.98 Å². The first-order chi connectivity index (χ1) is 24.9. The molecule has 15 heteroatoms. The molecule has 0 bridgehead atoms. The van der Waals surface area contributed by atoms with E-state index >= 15 is 0 Å². The lowest BCUT2D eigenvalue weighted by Crippen LogP contribution is -2.10. The minimum Gasteiger partial charge on any atom is -0.397 e. The summed E-state index contributed by atoms with van der Waals surface area (Å²) in [6, 6.07) is 26.9. The molecule has 0 fully saturated rings. The first kappa shape index (κ1) is 35.7. The molecule has 0 unspecified atom stereocenters. The van der Waals surface area contributed by atoms with Crippen molar-refractivity contribution >= 4 is 79.4 Å². The molecule has 2 aliphatic heterocycles. The zero-order valence-corrected chi connectivity index (χ0v) is 31.6. The topological polar surface area (TPSA) is 106 Å². The number of hydrogen-bond donors (Lipinski definition) is 1. The number of halogens is 4. The van der Waals surface area contributed by atoms with Crippen LogP contribution >= 0.6 is 68.0 Å². The van der Waals surface area contributed by atoms with Crippen LogP contribution in [0.4, 0.5) is 0 Å². The average Bonchev–Trinajstić information content (AvgIpc) is 3.63. The molecule has 8 rings (SSSR count).